The number of nitrogens with one attached hydrogen (secondary N) is 1. The fraction of sp³-hybridized carbons (Fsp3) is 0. The van der Waals surface area contributed by atoms with Crippen molar-refractivity contribution in [2.24, 2.45) is 0 Å². The van der Waals surface area contributed by atoms with Crippen molar-refractivity contribution in [2.45, 2.75) is 0 Å². The van der Waals surface area contributed by atoms with Crippen LogP contribution in [0.25, 0.3) is 42.5 Å². The average molecular weight is 391 g/mol. The molecule has 0 bridgehead atoms. The molecular formula is C26H17NOS. The largest absolute Gasteiger partial charge is 0.456 e. The van der Waals surface area contributed by atoms with Gasteiger partial charge in [0.15, 0.2) is 0 Å². The molecule has 0 saturated heterocycles. The Labute approximate surface area is 172 Å². The van der Waals surface area contributed by atoms with Crippen molar-refractivity contribution in [3.63, 3.8) is 0 Å². The molecule has 29 heavy (non-hydrogen) atoms. The topological polar surface area (TPSA) is 25.2 Å². The molecule has 0 unspecified atom stereocenters. The third-order valence-electron chi connectivity index (χ3n) is 5.26. The van der Waals surface area contributed by atoms with E-state index in [4.69, 9.17) is 4.42 Å². The van der Waals surface area contributed by atoms with Gasteiger partial charge in [-0.15, -0.1) is 11.3 Å². The smallest absolute Gasteiger partial charge is 0.137 e. The van der Waals surface area contributed by atoms with E-state index < -0.39 is 0 Å². The van der Waals surface area contributed by atoms with Crippen molar-refractivity contribution >= 4 is 54.7 Å². The van der Waals surface area contributed by atoms with Gasteiger partial charge in [0.1, 0.15) is 11.2 Å². The second kappa shape index (κ2) is 6.50. The molecule has 2 aromatic heterocycles. The van der Waals surface area contributed by atoms with Crippen molar-refractivity contribution in [2.75, 3.05) is 5.32 Å². The molecule has 0 aliphatic heterocycles. The van der Waals surface area contributed by atoms with E-state index in [9.17, 15) is 0 Å². The normalized spacial score (nSPS) is 11.4. The quantitative estimate of drug-likeness (QED) is 0.329. The zero-order chi connectivity index (χ0) is 19.2. The third-order valence-corrected chi connectivity index (χ3v) is 6.41. The fourth-order valence-electron chi connectivity index (χ4n) is 3.87. The molecular weight excluding hydrogens is 374 g/mol. The lowest BCUT2D eigenvalue weighted by atomic mass is 10.0. The first-order valence-electron chi connectivity index (χ1n) is 9.61. The molecule has 0 atom stereocenters. The molecule has 6 rings (SSSR count). The highest BCUT2D eigenvalue weighted by Gasteiger charge is 2.15. The molecule has 2 heterocycles. The van der Waals surface area contributed by atoms with Crippen LogP contribution in [0.3, 0.4) is 0 Å². The second-order valence-corrected chi connectivity index (χ2v) is 8.22. The van der Waals surface area contributed by atoms with Gasteiger partial charge < -0.3 is 9.73 Å². The highest BCUT2D eigenvalue weighted by atomic mass is 32.1. The molecule has 6 aromatic rings. The van der Waals surface area contributed by atoms with Gasteiger partial charge in [-0.1, -0.05) is 54.6 Å². The highest BCUT2D eigenvalue weighted by Crippen LogP contribution is 2.42. The van der Waals surface area contributed by atoms with Crippen molar-refractivity contribution in [1.82, 2.24) is 0 Å². The van der Waals surface area contributed by atoms with E-state index in [-0.39, 0.29) is 0 Å². The maximum absolute atomic E-state index is 6.14. The summed E-state index contributed by atoms with van der Waals surface area (Å²) in [7, 11) is 0. The summed E-state index contributed by atoms with van der Waals surface area (Å²) in [6.45, 7) is 0. The van der Waals surface area contributed by atoms with Crippen LogP contribution in [-0.2, 0) is 0 Å². The van der Waals surface area contributed by atoms with E-state index in [0.29, 0.717) is 0 Å². The van der Waals surface area contributed by atoms with Crippen LogP contribution in [-0.4, -0.2) is 0 Å². The van der Waals surface area contributed by atoms with Gasteiger partial charge >= 0.3 is 0 Å². The van der Waals surface area contributed by atoms with Crippen LogP contribution < -0.4 is 5.32 Å². The van der Waals surface area contributed by atoms with Gasteiger partial charge in [-0.25, -0.2) is 0 Å². The summed E-state index contributed by atoms with van der Waals surface area (Å²) in [6.07, 6.45) is 0. The van der Waals surface area contributed by atoms with E-state index in [2.05, 4.69) is 72.0 Å². The zero-order valence-corrected chi connectivity index (χ0v) is 16.4. The summed E-state index contributed by atoms with van der Waals surface area (Å²) in [5.74, 6) is 0. The Morgan fingerprint density at radius 1 is 0.655 bits per heavy atom. The van der Waals surface area contributed by atoms with Crippen molar-refractivity contribution in [1.29, 1.82) is 0 Å². The summed E-state index contributed by atoms with van der Waals surface area (Å²) in [6, 6.07) is 33.7. The molecule has 3 heteroatoms. The van der Waals surface area contributed by atoms with Crippen LogP contribution in [0.2, 0.25) is 0 Å². The molecule has 4 aromatic carbocycles. The van der Waals surface area contributed by atoms with Crippen molar-refractivity contribution < 1.29 is 4.42 Å². The van der Waals surface area contributed by atoms with Crippen LogP contribution in [0, 0.1) is 0 Å². The van der Waals surface area contributed by atoms with Gasteiger partial charge in [-0.05, 0) is 41.8 Å². The number of benzene rings is 4. The standard InChI is InChI=1S/C26H17NOS/c1-2-9-18(10-3-1)27-22-16-24-20(19-11-5-6-12-23(19)28-24)15-21(22)26-14-17-8-4-7-13-25(17)29-26/h1-16,27H. The van der Waals surface area contributed by atoms with Gasteiger partial charge in [0, 0.05) is 37.7 Å². The summed E-state index contributed by atoms with van der Waals surface area (Å²) >= 11 is 1.82. The maximum atomic E-state index is 6.14. The average Bonchev–Trinajstić information content (AvgIpc) is 3.34. The lowest BCUT2D eigenvalue weighted by Gasteiger charge is -2.11. The van der Waals surface area contributed by atoms with Crippen LogP contribution in [0.5, 0.6) is 0 Å². The highest BCUT2D eigenvalue weighted by molar-refractivity contribution is 7.22. The second-order valence-electron chi connectivity index (χ2n) is 7.13. The molecule has 1 N–H and O–H groups in total. The first kappa shape index (κ1) is 16.4. The first-order chi connectivity index (χ1) is 14.3. The fourth-order valence-corrected chi connectivity index (χ4v) is 4.96. The molecule has 0 saturated carbocycles. The van der Waals surface area contributed by atoms with Gasteiger partial charge in [0.05, 0.1) is 5.69 Å². The van der Waals surface area contributed by atoms with E-state index >= 15 is 0 Å². The number of thiophene rings is 1. The molecule has 0 aliphatic rings. The summed E-state index contributed by atoms with van der Waals surface area (Å²) in [4.78, 5) is 1.25. The molecule has 0 amide bonds. The Morgan fingerprint density at radius 3 is 2.34 bits per heavy atom. The first-order valence-corrected chi connectivity index (χ1v) is 10.4. The predicted octanol–water partition coefficient (Wildman–Crippen LogP) is 8.21. The lowest BCUT2D eigenvalue weighted by Crippen LogP contribution is -1.92. The summed E-state index contributed by atoms with van der Waals surface area (Å²) < 4.78 is 7.44. The minimum absolute atomic E-state index is 0.898. The van der Waals surface area contributed by atoms with Gasteiger partial charge in [-0.2, -0.15) is 0 Å². The van der Waals surface area contributed by atoms with E-state index in [1.54, 1.807) is 0 Å². The van der Waals surface area contributed by atoms with E-state index in [0.717, 1.165) is 33.3 Å². The Kier molecular flexibility index (Phi) is 3.68. The number of hydrogen-bond donors (Lipinski definition) is 1. The zero-order valence-electron chi connectivity index (χ0n) is 15.6. The number of anilines is 2. The predicted molar refractivity (Wildman–Crippen MR) is 124 cm³/mol. The van der Waals surface area contributed by atoms with E-state index in [1.165, 1.54) is 20.5 Å². The van der Waals surface area contributed by atoms with E-state index in [1.807, 2.05) is 41.7 Å². The lowest BCUT2D eigenvalue weighted by molar-refractivity contribution is 0.669. The Bertz CT molecular complexity index is 1440. The third kappa shape index (κ3) is 2.79. The molecule has 0 spiro atoms. The molecule has 138 valence electrons. The molecule has 0 radical (unpaired) electrons. The molecule has 2 nitrogen and oxygen atoms in total. The Morgan fingerprint density at radius 2 is 1.45 bits per heavy atom. The summed E-state index contributed by atoms with van der Waals surface area (Å²) in [5.41, 5.74) is 5.12. The van der Waals surface area contributed by atoms with Crippen molar-refractivity contribution in [3.05, 3.63) is 97.1 Å². The monoisotopic (exact) mass is 391 g/mol. The number of furan rings is 1. The Balaban J connectivity index is 1.62. The maximum Gasteiger partial charge on any atom is 0.137 e. The van der Waals surface area contributed by atoms with Crippen LogP contribution in [0.1, 0.15) is 0 Å². The number of para-hydroxylation sites is 2. The minimum Gasteiger partial charge on any atom is -0.456 e. The Hall–Kier alpha value is -3.56. The molecule has 0 aliphatic carbocycles. The van der Waals surface area contributed by atoms with Crippen LogP contribution in [0.15, 0.2) is 101 Å². The number of hydrogen-bond acceptors (Lipinski definition) is 3. The summed E-state index contributed by atoms with van der Waals surface area (Å²) in [5, 5.41) is 7.17. The van der Waals surface area contributed by atoms with Crippen molar-refractivity contribution in [3.8, 4) is 10.4 Å². The number of rotatable bonds is 3. The SMILES string of the molecule is c1ccc(Nc2cc3oc4ccccc4c3cc2-c2cc3ccccc3s2)cc1. The van der Waals surface area contributed by atoms with Gasteiger partial charge in [0.2, 0.25) is 0 Å². The number of fused-ring (bicyclic) bond motifs is 4. The molecule has 0 fully saturated rings. The van der Waals surface area contributed by atoms with Gasteiger partial charge in [-0.3, -0.25) is 0 Å². The van der Waals surface area contributed by atoms with Gasteiger partial charge in [0.25, 0.3) is 0 Å². The van der Waals surface area contributed by atoms with Crippen LogP contribution >= 0.6 is 11.3 Å². The minimum atomic E-state index is 0.898. The van der Waals surface area contributed by atoms with Crippen LogP contribution in [0.4, 0.5) is 11.4 Å².